The Bertz CT molecular complexity index is 37.9. The topological polar surface area (TPSA) is 57.5 Å². The molecule has 7 heavy (non-hydrogen) atoms. The first-order valence-electron chi connectivity index (χ1n) is 0.651. The fourth-order valence-corrected chi connectivity index (χ4v) is 0. The third-order valence-electron chi connectivity index (χ3n) is 0. The standard InChI is InChI=1S/CH2O3.Mg.Mn.Ni.2H/c2-1(3)4;;;;;/h(H2,2,3,4);;;;;. The number of carboxylic acid groups (broad SMARTS) is 2. The molecule has 0 saturated carbocycles. The quantitative estimate of drug-likeness (QED) is 0.510. The molecule has 0 aromatic rings. The summed E-state index contributed by atoms with van der Waals surface area (Å²) in [5.74, 6) is 0. The molecule has 0 spiro atoms. The van der Waals surface area contributed by atoms with E-state index in [0.717, 1.165) is 0 Å². The van der Waals surface area contributed by atoms with Crippen LogP contribution in [0.2, 0.25) is 0 Å². The summed E-state index contributed by atoms with van der Waals surface area (Å²) < 4.78 is 0. The van der Waals surface area contributed by atoms with Gasteiger partial charge in [0.25, 0.3) is 0 Å². The Morgan fingerprint density at radius 3 is 1.29 bits per heavy atom. The molecular weight excluding hydrogens is 198 g/mol. The average molecular weight is 202 g/mol. The van der Waals surface area contributed by atoms with Crippen molar-refractivity contribution in [1.29, 1.82) is 0 Å². The largest absolute Gasteiger partial charge is 0.503 e. The Hall–Kier alpha value is 1.05. The van der Waals surface area contributed by atoms with Gasteiger partial charge in [0.1, 0.15) is 0 Å². The van der Waals surface area contributed by atoms with E-state index in [0.29, 0.717) is 0 Å². The molecule has 0 amide bonds. The van der Waals surface area contributed by atoms with Crippen LogP contribution in [-0.2, 0) is 33.6 Å². The molecule has 45 valence electrons. The maximum absolute atomic E-state index is 8.56. The molecule has 0 atom stereocenters. The van der Waals surface area contributed by atoms with Crippen molar-refractivity contribution in [3.8, 4) is 0 Å². The number of carbonyl (C=O) groups is 1. The molecule has 0 heterocycles. The van der Waals surface area contributed by atoms with Crippen LogP contribution in [0.25, 0.3) is 0 Å². The first kappa shape index (κ1) is 24.4. The molecule has 0 rings (SSSR count). The van der Waals surface area contributed by atoms with Crippen molar-refractivity contribution < 1.29 is 48.6 Å². The van der Waals surface area contributed by atoms with E-state index in [1.165, 1.54) is 0 Å². The summed E-state index contributed by atoms with van der Waals surface area (Å²) in [6, 6.07) is 0. The Labute approximate surface area is 77.4 Å². The van der Waals surface area contributed by atoms with Crippen LogP contribution in [0.15, 0.2) is 0 Å². The Morgan fingerprint density at radius 1 is 1.29 bits per heavy atom. The van der Waals surface area contributed by atoms with E-state index in [9.17, 15) is 0 Å². The van der Waals surface area contributed by atoms with Crippen molar-refractivity contribution in [2.75, 3.05) is 0 Å². The maximum Gasteiger partial charge on any atom is 0.503 e. The fraction of sp³-hybridized carbons (Fsp3) is 0. The zero-order valence-corrected chi connectivity index (χ0v) is 4.66. The summed E-state index contributed by atoms with van der Waals surface area (Å²) in [5, 5.41) is 13.9. The molecule has 0 aliphatic carbocycles. The zero-order valence-electron chi connectivity index (χ0n) is 2.50. The van der Waals surface area contributed by atoms with Gasteiger partial charge in [-0.3, -0.25) is 0 Å². The Morgan fingerprint density at radius 2 is 1.29 bits per heavy atom. The van der Waals surface area contributed by atoms with Gasteiger partial charge in [-0.25, -0.2) is 4.79 Å². The monoisotopic (exact) mass is 201 g/mol. The van der Waals surface area contributed by atoms with Gasteiger partial charge in [0.05, 0.1) is 0 Å². The molecule has 0 aromatic heterocycles. The van der Waals surface area contributed by atoms with Gasteiger partial charge in [0.15, 0.2) is 0 Å². The molecule has 0 bridgehead atoms. The molecule has 0 fully saturated rings. The van der Waals surface area contributed by atoms with Crippen LogP contribution in [0.5, 0.6) is 0 Å². The molecule has 3 nitrogen and oxygen atoms in total. The van der Waals surface area contributed by atoms with Crippen molar-refractivity contribution in [2.45, 2.75) is 0 Å². The average Bonchev–Trinajstić information content (AvgIpc) is 0.811. The maximum atomic E-state index is 8.56. The van der Waals surface area contributed by atoms with E-state index in [1.807, 2.05) is 0 Å². The molecule has 0 aliphatic rings. The van der Waals surface area contributed by atoms with Crippen LogP contribution in [-0.4, -0.2) is 39.4 Å². The molecule has 1 radical (unpaired) electrons. The van der Waals surface area contributed by atoms with Gasteiger partial charge < -0.3 is 10.2 Å². The minimum Gasteiger partial charge on any atom is -0.450 e. The van der Waals surface area contributed by atoms with E-state index in [4.69, 9.17) is 15.0 Å². The van der Waals surface area contributed by atoms with Crippen molar-refractivity contribution >= 4 is 29.2 Å². The predicted octanol–water partition coefficient (Wildman–Crippen LogP) is -0.699. The van der Waals surface area contributed by atoms with Crippen LogP contribution in [0.1, 0.15) is 0 Å². The third-order valence-corrected chi connectivity index (χ3v) is 0. The second-order valence-corrected chi connectivity index (χ2v) is 0.283. The first-order chi connectivity index (χ1) is 1.73. The molecule has 0 aliphatic heterocycles. The van der Waals surface area contributed by atoms with Crippen molar-refractivity contribution in [3.05, 3.63) is 0 Å². The Balaban J connectivity index is -0.0000000150. The van der Waals surface area contributed by atoms with Crippen molar-refractivity contribution in [1.82, 2.24) is 0 Å². The second-order valence-electron chi connectivity index (χ2n) is 0.283. The minimum atomic E-state index is -1.83. The molecule has 0 unspecified atom stereocenters. The Kier molecular flexibility index (Phi) is 54.8. The van der Waals surface area contributed by atoms with Crippen LogP contribution in [0.4, 0.5) is 4.79 Å². The summed E-state index contributed by atoms with van der Waals surface area (Å²) in [6.07, 6.45) is -1.83. The predicted molar refractivity (Wildman–Crippen MR) is 19.2 cm³/mol. The van der Waals surface area contributed by atoms with Gasteiger partial charge in [-0.15, -0.1) is 0 Å². The van der Waals surface area contributed by atoms with Gasteiger partial charge in [-0.1, -0.05) is 0 Å². The van der Waals surface area contributed by atoms with Gasteiger partial charge in [0, 0.05) is 33.6 Å². The summed E-state index contributed by atoms with van der Waals surface area (Å²) in [6.45, 7) is 0. The van der Waals surface area contributed by atoms with Crippen LogP contribution in [0, 0.1) is 0 Å². The second kappa shape index (κ2) is 15.7. The summed E-state index contributed by atoms with van der Waals surface area (Å²) in [5.41, 5.74) is 0. The number of hydrogen-bond acceptors (Lipinski definition) is 1. The van der Waals surface area contributed by atoms with E-state index >= 15 is 0 Å². The van der Waals surface area contributed by atoms with Gasteiger partial charge >= 0.3 is 29.2 Å². The molecule has 6 heteroatoms. The molecule has 0 aromatic carbocycles. The third kappa shape index (κ3) is 163. The zero-order chi connectivity index (χ0) is 3.58. The summed E-state index contributed by atoms with van der Waals surface area (Å²) >= 11 is 0. The van der Waals surface area contributed by atoms with Crippen LogP contribution < -0.4 is 0 Å². The van der Waals surface area contributed by atoms with Gasteiger partial charge in [0.2, 0.25) is 0 Å². The SMILES string of the molecule is O=C(O)O.[MgH2].[Mn].[Ni]. The van der Waals surface area contributed by atoms with Crippen molar-refractivity contribution in [2.24, 2.45) is 0 Å². The van der Waals surface area contributed by atoms with Crippen LogP contribution >= 0.6 is 0 Å². The first-order valence-corrected chi connectivity index (χ1v) is 0.651. The van der Waals surface area contributed by atoms with Gasteiger partial charge in [-0.2, -0.15) is 0 Å². The van der Waals surface area contributed by atoms with E-state index in [-0.39, 0.29) is 56.6 Å². The van der Waals surface area contributed by atoms with Crippen LogP contribution in [0.3, 0.4) is 0 Å². The van der Waals surface area contributed by atoms with E-state index < -0.39 is 6.16 Å². The molecule has 0 saturated heterocycles. The van der Waals surface area contributed by atoms with E-state index in [1.54, 1.807) is 0 Å². The van der Waals surface area contributed by atoms with Gasteiger partial charge in [-0.05, 0) is 0 Å². The fourth-order valence-electron chi connectivity index (χ4n) is 0. The smallest absolute Gasteiger partial charge is 0.450 e. The normalized spacial score (nSPS) is 3.43. The number of rotatable bonds is 0. The molecular formula is CH4MgMnNiO3. The number of hydrogen-bond donors (Lipinski definition) is 2. The summed E-state index contributed by atoms with van der Waals surface area (Å²) in [4.78, 5) is 8.56. The minimum absolute atomic E-state index is 0. The van der Waals surface area contributed by atoms with Crippen molar-refractivity contribution in [3.63, 3.8) is 0 Å². The molecule has 2 N–H and O–H groups in total. The summed E-state index contributed by atoms with van der Waals surface area (Å²) in [7, 11) is 0. The van der Waals surface area contributed by atoms with E-state index in [2.05, 4.69) is 0 Å².